The van der Waals surface area contributed by atoms with Crippen molar-refractivity contribution in [3.63, 3.8) is 0 Å². The number of unbranched alkanes of at least 4 members (excludes halogenated alkanes) is 1. The molecule has 0 fully saturated rings. The van der Waals surface area contributed by atoms with E-state index in [1.165, 1.54) is 32.4 Å². The molecule has 0 heterocycles. The largest absolute Gasteiger partial charge is 0.385 e. The fourth-order valence-electron chi connectivity index (χ4n) is 0.249. The fraction of sp³-hybridized carbons (Fsp3) is 0.840. The monoisotopic (exact) mass is 483 g/mol. The van der Waals surface area contributed by atoms with E-state index in [1.54, 1.807) is 14.2 Å². The van der Waals surface area contributed by atoms with E-state index in [4.69, 9.17) is 0 Å². The van der Waals surface area contributed by atoms with Crippen LogP contribution >= 0.6 is 11.8 Å². The zero-order chi connectivity index (χ0) is 27.2. The van der Waals surface area contributed by atoms with Crippen molar-refractivity contribution < 1.29 is 14.3 Å². The molecule has 7 heteroatoms. The van der Waals surface area contributed by atoms with Crippen LogP contribution in [0.25, 0.3) is 0 Å². The van der Waals surface area contributed by atoms with Crippen LogP contribution < -0.4 is 10.6 Å². The van der Waals surface area contributed by atoms with Crippen molar-refractivity contribution in [2.75, 3.05) is 60.0 Å². The third kappa shape index (κ3) is 228. The third-order valence-corrected chi connectivity index (χ3v) is 3.40. The molecule has 0 radical (unpaired) electrons. The smallest absolute Gasteiger partial charge is 0.216 e. The normalized spacial score (nSPS) is 8.00. The summed E-state index contributed by atoms with van der Waals surface area (Å²) in [4.78, 5) is 21.8. The Kier molecular flexibility index (Phi) is 95.4. The van der Waals surface area contributed by atoms with Gasteiger partial charge in [-0.05, 0) is 60.3 Å². The minimum atomic E-state index is 0.00463. The molecule has 0 unspecified atom stereocenters. The van der Waals surface area contributed by atoms with Gasteiger partial charge in [-0.2, -0.15) is 11.8 Å². The van der Waals surface area contributed by atoms with Gasteiger partial charge < -0.3 is 20.3 Å². The van der Waals surface area contributed by atoms with E-state index in [9.17, 15) is 9.59 Å². The van der Waals surface area contributed by atoms with Gasteiger partial charge in [-0.15, -0.1) is 0 Å². The van der Waals surface area contributed by atoms with Gasteiger partial charge >= 0.3 is 0 Å². The molecule has 0 saturated carbocycles. The van der Waals surface area contributed by atoms with Crippen molar-refractivity contribution in [3.05, 3.63) is 12.2 Å². The number of hydrogen-bond donors (Lipinski definition) is 2. The lowest BCUT2D eigenvalue weighted by Crippen LogP contribution is -2.18. The number of nitrogens with zero attached hydrogens (tertiary/aromatic N) is 1. The molecule has 0 aromatic rings. The molecule has 0 aliphatic rings. The number of carbonyl (C=O) groups is 2. The summed E-state index contributed by atoms with van der Waals surface area (Å²) in [6.07, 6.45) is 8.74. The number of ether oxygens (including phenoxy) is 1. The standard InChI is InChI=1S/C4H9NO.C4H11N.C4H10.C4H8.C3H7NO.C3H8O.C3H8S/c1-3-5-4(2)6;1-4-5(2)3;2*1-3-4-2;1-3(5)4-2;2*1-3-4-2/h3H2,1-2H3,(H,5,6);4H2,1-3H3;3-4H2,1-2H3;3-4H,1-2H3;1-2H3,(H,4,5);2*3H2,1-2H3. The van der Waals surface area contributed by atoms with Crippen LogP contribution in [0.2, 0.25) is 0 Å². The Morgan fingerprint density at radius 1 is 0.906 bits per heavy atom. The SMILES string of the molecule is CC=CC.CCCC.CCN(C)C.CCNC(C)=O.CCOC.CCSC.CNC(C)=O. The molecule has 0 rings (SSSR count). The highest BCUT2D eigenvalue weighted by Crippen LogP contribution is 1.83. The first-order chi connectivity index (χ1) is 15.0. The molecule has 32 heavy (non-hydrogen) atoms. The van der Waals surface area contributed by atoms with Crippen molar-refractivity contribution in [2.24, 2.45) is 0 Å². The number of amides is 2. The van der Waals surface area contributed by atoms with E-state index >= 15 is 0 Å². The van der Waals surface area contributed by atoms with Crippen LogP contribution in [0.3, 0.4) is 0 Å². The average Bonchev–Trinajstić information content (AvgIpc) is 2.80. The maximum absolute atomic E-state index is 9.93. The highest BCUT2D eigenvalue weighted by Gasteiger charge is 1.79. The van der Waals surface area contributed by atoms with E-state index in [2.05, 4.69) is 68.3 Å². The van der Waals surface area contributed by atoms with Crippen LogP contribution in [0.15, 0.2) is 12.2 Å². The Morgan fingerprint density at radius 3 is 1.19 bits per heavy atom. The fourth-order valence-corrected chi connectivity index (χ4v) is 0.249. The van der Waals surface area contributed by atoms with Gasteiger partial charge in [-0.1, -0.05) is 52.7 Å². The average molecular weight is 484 g/mol. The topological polar surface area (TPSA) is 70.7 Å². The third-order valence-electron chi connectivity index (χ3n) is 2.82. The summed E-state index contributed by atoms with van der Waals surface area (Å²) in [6.45, 7) is 22.1. The summed E-state index contributed by atoms with van der Waals surface area (Å²) in [6, 6.07) is 0. The number of nitrogens with one attached hydrogen (secondary N) is 2. The predicted octanol–water partition coefficient (Wildman–Crippen LogP) is 5.87. The molecular formula is C25H61N3O3S. The molecule has 200 valence electrons. The van der Waals surface area contributed by atoms with Gasteiger partial charge in [-0.3, -0.25) is 9.59 Å². The van der Waals surface area contributed by atoms with Crippen LogP contribution in [0.5, 0.6) is 0 Å². The van der Waals surface area contributed by atoms with E-state index in [0.717, 1.165) is 19.7 Å². The second kappa shape index (κ2) is 63.1. The van der Waals surface area contributed by atoms with Crippen molar-refractivity contribution in [1.82, 2.24) is 15.5 Å². The van der Waals surface area contributed by atoms with Gasteiger partial charge in [0.2, 0.25) is 11.8 Å². The summed E-state index contributed by atoms with van der Waals surface area (Å²) in [7, 11) is 7.39. The zero-order valence-electron chi connectivity index (χ0n) is 24.5. The van der Waals surface area contributed by atoms with Gasteiger partial charge in [0.1, 0.15) is 0 Å². The maximum atomic E-state index is 9.93. The first-order valence-corrected chi connectivity index (χ1v) is 13.0. The summed E-state index contributed by atoms with van der Waals surface area (Å²) in [5.74, 6) is 1.28. The van der Waals surface area contributed by atoms with Gasteiger partial charge in [-0.25, -0.2) is 0 Å². The minimum Gasteiger partial charge on any atom is -0.385 e. The number of methoxy groups -OCH3 is 1. The Balaban J connectivity index is -0.0000000459. The molecular weight excluding hydrogens is 422 g/mol. The molecule has 0 aliphatic carbocycles. The quantitative estimate of drug-likeness (QED) is 0.478. The second-order valence-electron chi connectivity index (χ2n) is 6.11. The summed E-state index contributed by atoms with van der Waals surface area (Å²) >= 11 is 1.86. The number of rotatable bonds is 5. The Morgan fingerprint density at radius 2 is 1.19 bits per heavy atom. The van der Waals surface area contributed by atoms with Crippen LogP contribution in [0.4, 0.5) is 0 Å². The molecule has 2 amide bonds. The number of allylic oxidation sites excluding steroid dienone is 2. The maximum Gasteiger partial charge on any atom is 0.216 e. The van der Waals surface area contributed by atoms with Gasteiger partial charge in [0.15, 0.2) is 0 Å². The lowest BCUT2D eigenvalue weighted by Gasteiger charge is -2.00. The molecule has 0 aliphatic heterocycles. The van der Waals surface area contributed by atoms with Crippen LogP contribution in [0, 0.1) is 0 Å². The minimum absolute atomic E-state index is 0.00463. The van der Waals surface area contributed by atoms with Crippen LogP contribution in [-0.2, 0) is 14.3 Å². The Hall–Kier alpha value is -1.05. The van der Waals surface area contributed by atoms with E-state index < -0.39 is 0 Å². The van der Waals surface area contributed by atoms with Crippen molar-refractivity contribution in [3.8, 4) is 0 Å². The molecule has 0 spiro atoms. The van der Waals surface area contributed by atoms with Crippen LogP contribution in [-0.4, -0.2) is 76.7 Å². The van der Waals surface area contributed by atoms with Crippen LogP contribution in [0.1, 0.15) is 82.1 Å². The zero-order valence-corrected chi connectivity index (χ0v) is 25.3. The highest BCUT2D eigenvalue weighted by molar-refractivity contribution is 7.98. The Labute approximate surface area is 207 Å². The number of carbonyl (C=O) groups excluding carboxylic acids is 2. The molecule has 0 bridgehead atoms. The number of hydrogen-bond acceptors (Lipinski definition) is 5. The first-order valence-electron chi connectivity index (χ1n) is 11.6. The Bertz CT molecular complexity index is 295. The van der Waals surface area contributed by atoms with Crippen molar-refractivity contribution in [1.29, 1.82) is 0 Å². The summed E-state index contributed by atoms with van der Waals surface area (Å²) < 4.78 is 4.54. The van der Waals surface area contributed by atoms with Gasteiger partial charge in [0, 0.05) is 41.2 Å². The second-order valence-corrected chi connectivity index (χ2v) is 7.26. The van der Waals surface area contributed by atoms with E-state index in [0.29, 0.717) is 0 Å². The predicted molar refractivity (Wildman–Crippen MR) is 151 cm³/mol. The summed E-state index contributed by atoms with van der Waals surface area (Å²) in [5, 5.41) is 4.96. The van der Waals surface area contributed by atoms with Crippen molar-refractivity contribution >= 4 is 23.6 Å². The molecule has 2 N–H and O–H groups in total. The first kappa shape index (κ1) is 48.4. The molecule has 0 saturated heterocycles. The lowest BCUT2D eigenvalue weighted by molar-refractivity contribution is -0.119. The van der Waals surface area contributed by atoms with E-state index in [1.807, 2.05) is 51.6 Å². The molecule has 0 aromatic carbocycles. The van der Waals surface area contributed by atoms with Crippen molar-refractivity contribution in [2.45, 2.75) is 82.1 Å². The van der Waals surface area contributed by atoms with E-state index in [-0.39, 0.29) is 11.8 Å². The highest BCUT2D eigenvalue weighted by atomic mass is 32.2. The molecule has 0 aromatic heterocycles. The summed E-state index contributed by atoms with van der Waals surface area (Å²) in [5.41, 5.74) is 0. The molecule has 0 atom stereocenters. The molecule has 6 nitrogen and oxygen atoms in total. The number of thioether (sulfide) groups is 1. The van der Waals surface area contributed by atoms with Gasteiger partial charge in [0.25, 0.3) is 0 Å². The lowest BCUT2D eigenvalue weighted by atomic mass is 10.4. The van der Waals surface area contributed by atoms with Gasteiger partial charge in [0.05, 0.1) is 0 Å².